The van der Waals surface area contributed by atoms with E-state index >= 15 is 0 Å². The van der Waals surface area contributed by atoms with Gasteiger partial charge in [-0.05, 0) is 95.6 Å². The summed E-state index contributed by atoms with van der Waals surface area (Å²) in [4.78, 5) is 51.5. The van der Waals surface area contributed by atoms with E-state index in [1.165, 1.54) is 0 Å². The van der Waals surface area contributed by atoms with Gasteiger partial charge in [0, 0.05) is 38.8 Å². The molecule has 1 N–H and O–H groups in total. The van der Waals surface area contributed by atoms with Gasteiger partial charge in [0.15, 0.2) is 11.6 Å². The van der Waals surface area contributed by atoms with Gasteiger partial charge in [0.05, 0.1) is 22.1 Å². The van der Waals surface area contributed by atoms with Gasteiger partial charge in [-0.25, -0.2) is 9.78 Å². The average Bonchev–Trinajstić information content (AvgIpc) is 3.84. The predicted octanol–water partition coefficient (Wildman–Crippen LogP) is 7.19. The summed E-state index contributed by atoms with van der Waals surface area (Å²) in [7, 11) is 0. The summed E-state index contributed by atoms with van der Waals surface area (Å²) in [5.41, 5.74) is 4.51. The average molecular weight is 719 g/mol. The fourth-order valence-electron chi connectivity index (χ4n) is 7.74. The van der Waals surface area contributed by atoms with E-state index in [-0.39, 0.29) is 29.9 Å². The zero-order valence-electron chi connectivity index (χ0n) is 31.2. The minimum Gasteiger partial charge on any atom is -0.444 e. The van der Waals surface area contributed by atoms with Crippen molar-refractivity contribution >= 4 is 35.1 Å². The summed E-state index contributed by atoms with van der Waals surface area (Å²) in [5, 5.41) is 7.56. The molecule has 3 aliphatic heterocycles. The normalized spacial score (nSPS) is 20.0. The molecule has 1 aromatic carbocycles. The van der Waals surface area contributed by atoms with Crippen LogP contribution in [-0.4, -0.2) is 82.2 Å². The third kappa shape index (κ3) is 8.59. The van der Waals surface area contributed by atoms with Crippen LogP contribution in [0.3, 0.4) is 0 Å². The van der Waals surface area contributed by atoms with Crippen LogP contribution in [0.5, 0.6) is 0 Å². The van der Waals surface area contributed by atoms with Crippen molar-refractivity contribution in [3.05, 3.63) is 52.9 Å². The monoisotopic (exact) mass is 718 g/mol. The first-order valence-corrected chi connectivity index (χ1v) is 19.5. The number of rotatable bonds is 10. The third-order valence-electron chi connectivity index (χ3n) is 10.6. The van der Waals surface area contributed by atoms with Crippen LogP contribution in [0, 0.1) is 24.7 Å². The Morgan fingerprint density at radius 1 is 1.02 bits per heavy atom. The van der Waals surface area contributed by atoms with Crippen LogP contribution < -0.4 is 10.2 Å². The maximum absolute atomic E-state index is 14.1. The maximum Gasteiger partial charge on any atom is 0.410 e. The van der Waals surface area contributed by atoms with E-state index in [1.807, 2.05) is 77.1 Å². The summed E-state index contributed by atoms with van der Waals surface area (Å²) in [5.74, 6) is 1.72. The number of nitrogens with zero attached hydrogens (tertiary/aromatic N) is 5. The predicted molar refractivity (Wildman–Crippen MR) is 199 cm³/mol. The molecule has 11 nitrogen and oxygen atoms in total. The Morgan fingerprint density at radius 2 is 1.73 bits per heavy atom. The summed E-state index contributed by atoms with van der Waals surface area (Å²) in [6.45, 7) is 17.6. The number of carbonyl (C=O) groups is 3. The van der Waals surface area contributed by atoms with Crippen molar-refractivity contribution in [1.82, 2.24) is 25.3 Å². The molecule has 2 unspecified atom stereocenters. The molecule has 0 spiro atoms. The van der Waals surface area contributed by atoms with Gasteiger partial charge >= 0.3 is 6.09 Å². The molecule has 3 amide bonds. The van der Waals surface area contributed by atoms with Crippen molar-refractivity contribution < 1.29 is 23.6 Å². The molecular formula is C39H54N6O5S. The minimum atomic E-state index is -0.521. The number of carbonyl (C=O) groups excluding carboxylic acids is 3. The van der Waals surface area contributed by atoms with E-state index in [0.29, 0.717) is 30.6 Å². The number of likely N-dealkylation sites (tertiary alicyclic amines) is 2. The second-order valence-corrected chi connectivity index (χ2v) is 16.9. The zero-order valence-corrected chi connectivity index (χ0v) is 32.0. The van der Waals surface area contributed by atoms with Crippen LogP contribution in [0.2, 0.25) is 0 Å². The number of aromatic nitrogens is 2. The topological polar surface area (TPSA) is 121 Å². The van der Waals surface area contributed by atoms with E-state index in [9.17, 15) is 14.4 Å². The molecule has 0 radical (unpaired) electrons. The molecule has 3 atom stereocenters. The van der Waals surface area contributed by atoms with Gasteiger partial charge in [-0.15, -0.1) is 11.3 Å². The van der Waals surface area contributed by atoms with Crippen LogP contribution in [-0.2, 0) is 14.3 Å². The number of aryl methyl sites for hydroxylation is 1. The van der Waals surface area contributed by atoms with Crippen LogP contribution in [0.15, 0.2) is 40.4 Å². The number of piperidine rings is 1. The third-order valence-corrected chi connectivity index (χ3v) is 11.6. The van der Waals surface area contributed by atoms with Crippen LogP contribution in [0.25, 0.3) is 10.4 Å². The second-order valence-electron chi connectivity index (χ2n) is 16.0. The lowest BCUT2D eigenvalue weighted by atomic mass is 9.83. The Hall–Kier alpha value is -3.93. The molecule has 3 saturated heterocycles. The standard InChI is InChI=1S/C39H54N6O5S/c1-24(2)34(32-20-33(42-50-32)44-21-28(22-44)19-27-14-17-43(18-15-27)38(48)49-39(5,6)7)37(47)45-16-8-9-31(45)36(46)41-25(3)29-10-12-30(13-11-29)35-26(4)40-23-51-35/h10-13,20,23-25,27-28,31,34H,8-9,14-19,21-22H2,1-7H3,(H,41,46)/t25?,31-,34?/m0/s1. The van der Waals surface area contributed by atoms with Crippen molar-refractivity contribution in [2.24, 2.45) is 17.8 Å². The van der Waals surface area contributed by atoms with Crippen molar-refractivity contribution in [3.8, 4) is 10.4 Å². The summed E-state index contributed by atoms with van der Waals surface area (Å²) < 4.78 is 11.4. The first-order chi connectivity index (χ1) is 24.3. The molecular weight excluding hydrogens is 665 g/mol. The van der Waals surface area contributed by atoms with Crippen molar-refractivity contribution in [2.75, 3.05) is 37.6 Å². The first kappa shape index (κ1) is 36.8. The lowest BCUT2D eigenvalue weighted by Crippen LogP contribution is -2.49. The number of amides is 3. The van der Waals surface area contributed by atoms with Gasteiger partial charge < -0.3 is 29.3 Å². The SMILES string of the molecule is Cc1ncsc1-c1ccc(C(C)NC(=O)[C@@H]2CCCN2C(=O)C(c2cc(N3CC(CC4CCN(C(=O)OC(C)(C)C)CC4)C3)no2)C(C)C)cc1. The number of benzene rings is 1. The number of thiazole rings is 1. The number of ether oxygens (including phenoxy) is 1. The fraction of sp³-hybridized carbons (Fsp3) is 0.615. The van der Waals surface area contributed by atoms with E-state index in [2.05, 4.69) is 32.5 Å². The highest BCUT2D eigenvalue weighted by molar-refractivity contribution is 7.13. The van der Waals surface area contributed by atoms with Crippen molar-refractivity contribution in [1.29, 1.82) is 0 Å². The number of hydrogen-bond donors (Lipinski definition) is 1. The Morgan fingerprint density at radius 3 is 2.35 bits per heavy atom. The quantitative estimate of drug-likeness (QED) is 0.234. The Bertz CT molecular complexity index is 1660. The molecule has 3 aliphatic rings. The first-order valence-electron chi connectivity index (χ1n) is 18.6. The second kappa shape index (κ2) is 15.4. The maximum atomic E-state index is 14.1. The number of nitrogens with one attached hydrogen (secondary N) is 1. The molecule has 276 valence electrons. The number of hydrogen-bond acceptors (Lipinski definition) is 9. The van der Waals surface area contributed by atoms with E-state index in [1.54, 1.807) is 16.2 Å². The van der Waals surface area contributed by atoms with Gasteiger partial charge in [0.1, 0.15) is 17.6 Å². The van der Waals surface area contributed by atoms with Gasteiger partial charge in [-0.2, -0.15) is 0 Å². The van der Waals surface area contributed by atoms with E-state index in [0.717, 1.165) is 79.4 Å². The Kier molecular flexibility index (Phi) is 11.1. The molecule has 0 aliphatic carbocycles. The van der Waals surface area contributed by atoms with Gasteiger partial charge in [-0.3, -0.25) is 9.59 Å². The van der Waals surface area contributed by atoms with E-state index in [4.69, 9.17) is 9.26 Å². The number of anilines is 1. The van der Waals surface area contributed by atoms with Crippen molar-refractivity contribution in [2.45, 2.75) is 104 Å². The lowest BCUT2D eigenvalue weighted by Gasteiger charge is -2.42. The molecule has 0 bridgehead atoms. The van der Waals surface area contributed by atoms with Crippen LogP contribution in [0.4, 0.5) is 10.6 Å². The molecule has 2 aromatic heterocycles. The highest BCUT2D eigenvalue weighted by Crippen LogP contribution is 2.36. The van der Waals surface area contributed by atoms with Gasteiger partial charge in [-0.1, -0.05) is 43.3 Å². The fourth-order valence-corrected chi connectivity index (χ4v) is 8.55. The van der Waals surface area contributed by atoms with Crippen LogP contribution in [0.1, 0.15) is 103 Å². The molecule has 3 aromatic rings. The molecule has 12 heteroatoms. The molecule has 0 saturated carbocycles. The highest BCUT2D eigenvalue weighted by atomic mass is 32.1. The summed E-state index contributed by atoms with van der Waals surface area (Å²) >= 11 is 1.62. The molecule has 5 heterocycles. The van der Waals surface area contributed by atoms with Gasteiger partial charge in [0.2, 0.25) is 11.8 Å². The lowest BCUT2D eigenvalue weighted by molar-refractivity contribution is -0.141. The minimum absolute atomic E-state index is 0.0297. The molecule has 3 fully saturated rings. The van der Waals surface area contributed by atoms with Crippen LogP contribution >= 0.6 is 11.3 Å². The van der Waals surface area contributed by atoms with Gasteiger partial charge in [0.25, 0.3) is 0 Å². The summed E-state index contributed by atoms with van der Waals surface area (Å²) in [6, 6.07) is 9.44. The zero-order chi connectivity index (χ0) is 36.4. The van der Waals surface area contributed by atoms with E-state index < -0.39 is 17.6 Å². The Labute approximate surface area is 306 Å². The summed E-state index contributed by atoms with van der Waals surface area (Å²) in [6.07, 6.45) is 4.33. The molecule has 51 heavy (non-hydrogen) atoms. The van der Waals surface area contributed by atoms with Crippen molar-refractivity contribution in [3.63, 3.8) is 0 Å². The highest BCUT2D eigenvalue weighted by Gasteiger charge is 2.41. The smallest absolute Gasteiger partial charge is 0.410 e. The Balaban J connectivity index is 1.00. The molecule has 6 rings (SSSR count). The largest absolute Gasteiger partial charge is 0.444 e.